The summed E-state index contributed by atoms with van der Waals surface area (Å²) < 4.78 is 31.9. The first-order chi connectivity index (χ1) is 14.4. The Bertz CT molecular complexity index is 755. The Labute approximate surface area is 182 Å². The van der Waals surface area contributed by atoms with Crippen molar-refractivity contribution in [2.75, 3.05) is 26.8 Å². The molecule has 1 aliphatic carbocycles. The van der Waals surface area contributed by atoms with E-state index in [0.29, 0.717) is 19.2 Å². The van der Waals surface area contributed by atoms with Gasteiger partial charge in [0, 0.05) is 26.2 Å². The molecule has 0 aromatic heterocycles. The highest BCUT2D eigenvalue weighted by molar-refractivity contribution is 7.89. The minimum absolute atomic E-state index is 0.248. The van der Waals surface area contributed by atoms with Crippen LogP contribution >= 0.6 is 0 Å². The van der Waals surface area contributed by atoms with Crippen LogP contribution in [0.1, 0.15) is 52.0 Å². The maximum absolute atomic E-state index is 12.2. The van der Waals surface area contributed by atoms with E-state index in [9.17, 15) is 8.42 Å². The molecule has 1 aliphatic rings. The smallest absolute Gasteiger partial charge is 0.240 e. The lowest BCUT2D eigenvalue weighted by Crippen LogP contribution is -2.45. The number of sulfonamides is 1. The van der Waals surface area contributed by atoms with Crippen LogP contribution in [-0.2, 0) is 21.3 Å². The third-order valence-corrected chi connectivity index (χ3v) is 7.13. The lowest BCUT2D eigenvalue weighted by atomic mass is 9.80. The van der Waals surface area contributed by atoms with Gasteiger partial charge in [-0.3, -0.25) is 0 Å². The van der Waals surface area contributed by atoms with Gasteiger partial charge in [0.25, 0.3) is 0 Å². The normalized spacial score (nSPS) is 20.4. The summed E-state index contributed by atoms with van der Waals surface area (Å²) in [4.78, 5) is 4.95. The number of ether oxygens (including phenoxy) is 1. The van der Waals surface area contributed by atoms with Crippen molar-refractivity contribution in [1.82, 2.24) is 15.4 Å². The number of aliphatic imine (C=N–C) groups is 1. The fraction of sp³-hybridized carbons (Fsp3) is 0.682. The van der Waals surface area contributed by atoms with Crippen LogP contribution in [0.3, 0.4) is 0 Å². The number of hydrogen-bond donors (Lipinski definition) is 3. The van der Waals surface area contributed by atoms with E-state index in [1.807, 2.05) is 12.1 Å². The zero-order chi connectivity index (χ0) is 22.0. The van der Waals surface area contributed by atoms with E-state index in [1.165, 1.54) is 32.8 Å². The van der Waals surface area contributed by atoms with E-state index in [1.54, 1.807) is 12.1 Å². The second-order valence-corrected chi connectivity index (χ2v) is 10.00. The molecule has 0 saturated heterocycles. The molecule has 3 N–H and O–H groups in total. The van der Waals surface area contributed by atoms with Crippen molar-refractivity contribution >= 4 is 16.0 Å². The zero-order valence-electron chi connectivity index (χ0n) is 18.8. The summed E-state index contributed by atoms with van der Waals surface area (Å²) >= 11 is 0. The minimum Gasteiger partial charge on any atom is -0.383 e. The third kappa shape index (κ3) is 7.89. The van der Waals surface area contributed by atoms with Crippen LogP contribution in [0.5, 0.6) is 0 Å². The maximum Gasteiger partial charge on any atom is 0.240 e. The summed E-state index contributed by atoms with van der Waals surface area (Å²) in [7, 11) is -1.97. The van der Waals surface area contributed by atoms with Crippen molar-refractivity contribution in [3.8, 4) is 0 Å². The molecule has 0 aliphatic heterocycles. The highest BCUT2D eigenvalue weighted by Crippen LogP contribution is 2.29. The summed E-state index contributed by atoms with van der Waals surface area (Å²) in [5, 5.41) is 6.89. The second kappa shape index (κ2) is 12.3. The Kier molecular flexibility index (Phi) is 10.1. The first-order valence-electron chi connectivity index (χ1n) is 11.0. The molecule has 0 radical (unpaired) electrons. The van der Waals surface area contributed by atoms with Gasteiger partial charge in [0.2, 0.25) is 10.0 Å². The van der Waals surface area contributed by atoms with Crippen LogP contribution in [0.4, 0.5) is 0 Å². The third-order valence-electron chi connectivity index (χ3n) is 5.65. The molecule has 0 bridgehead atoms. The Morgan fingerprint density at radius 3 is 2.40 bits per heavy atom. The van der Waals surface area contributed by atoms with Crippen molar-refractivity contribution in [2.45, 2.75) is 63.9 Å². The van der Waals surface area contributed by atoms with Crippen LogP contribution in [0, 0.1) is 11.8 Å². The average molecular weight is 439 g/mol. The minimum atomic E-state index is -3.51. The predicted molar refractivity (Wildman–Crippen MR) is 122 cm³/mol. The fourth-order valence-electron chi connectivity index (χ4n) is 3.75. The highest BCUT2D eigenvalue weighted by Gasteiger charge is 2.23. The van der Waals surface area contributed by atoms with Gasteiger partial charge < -0.3 is 15.4 Å². The molecule has 7 nitrogen and oxygen atoms in total. The van der Waals surface area contributed by atoms with E-state index >= 15 is 0 Å². The molecule has 2 rings (SSSR count). The molecular formula is C22H38N4O3S. The number of guanidine groups is 1. The summed E-state index contributed by atoms with van der Waals surface area (Å²) in [6, 6.07) is 7.32. The number of rotatable bonds is 10. The van der Waals surface area contributed by atoms with Gasteiger partial charge in [-0.25, -0.2) is 18.1 Å². The molecule has 8 heteroatoms. The standard InChI is InChI=1S/C22H38N4O3S/c1-5-23-22(26-20-10-8-19(9-11-20)17(2)3)24-16-18-6-12-21(13-7-18)30(27,28)25-14-15-29-4/h6-7,12-13,17,19-20,25H,5,8-11,14-16H2,1-4H3,(H2,23,24,26). The summed E-state index contributed by atoms with van der Waals surface area (Å²) in [6.07, 6.45) is 4.89. The number of nitrogens with zero attached hydrogens (tertiary/aromatic N) is 1. The summed E-state index contributed by atoms with van der Waals surface area (Å²) in [5.74, 6) is 2.42. The van der Waals surface area contributed by atoms with Crippen molar-refractivity contribution in [3.63, 3.8) is 0 Å². The highest BCUT2D eigenvalue weighted by atomic mass is 32.2. The van der Waals surface area contributed by atoms with E-state index < -0.39 is 10.0 Å². The van der Waals surface area contributed by atoms with Crippen LogP contribution in [-0.4, -0.2) is 47.2 Å². The van der Waals surface area contributed by atoms with Gasteiger partial charge in [-0.1, -0.05) is 26.0 Å². The van der Waals surface area contributed by atoms with Gasteiger partial charge in [-0.15, -0.1) is 0 Å². The molecule has 30 heavy (non-hydrogen) atoms. The van der Waals surface area contributed by atoms with Gasteiger partial charge in [-0.05, 0) is 62.1 Å². The summed E-state index contributed by atoms with van der Waals surface area (Å²) in [6.45, 7) is 8.58. The molecule has 1 aromatic rings. The molecular weight excluding hydrogens is 400 g/mol. The van der Waals surface area contributed by atoms with Gasteiger partial charge in [0.15, 0.2) is 5.96 Å². The molecule has 0 amide bonds. The van der Waals surface area contributed by atoms with Crippen LogP contribution in [0.25, 0.3) is 0 Å². The average Bonchev–Trinajstić information content (AvgIpc) is 2.73. The molecule has 1 saturated carbocycles. The SMILES string of the molecule is CCNC(=NCc1ccc(S(=O)(=O)NCCOC)cc1)NC1CCC(C(C)C)CC1. The molecule has 0 atom stereocenters. The first-order valence-corrected chi connectivity index (χ1v) is 12.5. The number of methoxy groups -OCH3 is 1. The van der Waals surface area contributed by atoms with Gasteiger partial charge in [0.1, 0.15) is 0 Å². The fourth-order valence-corrected chi connectivity index (χ4v) is 4.76. The van der Waals surface area contributed by atoms with Gasteiger partial charge in [0.05, 0.1) is 18.0 Å². The molecule has 1 aromatic carbocycles. The van der Waals surface area contributed by atoms with Crippen LogP contribution < -0.4 is 15.4 Å². The monoisotopic (exact) mass is 438 g/mol. The summed E-state index contributed by atoms with van der Waals surface area (Å²) in [5.41, 5.74) is 0.964. The largest absolute Gasteiger partial charge is 0.383 e. The first kappa shape index (κ1) is 24.6. The number of hydrogen-bond acceptors (Lipinski definition) is 4. The van der Waals surface area contributed by atoms with E-state index in [4.69, 9.17) is 9.73 Å². The van der Waals surface area contributed by atoms with Crippen LogP contribution in [0.2, 0.25) is 0 Å². The molecule has 0 spiro atoms. The Hall–Kier alpha value is -1.64. The van der Waals surface area contributed by atoms with E-state index in [-0.39, 0.29) is 11.4 Å². The quantitative estimate of drug-likeness (QED) is 0.297. The molecule has 0 unspecified atom stereocenters. The number of nitrogens with one attached hydrogen (secondary N) is 3. The van der Waals surface area contributed by atoms with Crippen LogP contribution in [0.15, 0.2) is 34.2 Å². The lowest BCUT2D eigenvalue weighted by Gasteiger charge is -2.32. The Morgan fingerprint density at radius 1 is 1.17 bits per heavy atom. The van der Waals surface area contributed by atoms with Crippen molar-refractivity contribution in [2.24, 2.45) is 16.8 Å². The van der Waals surface area contributed by atoms with Gasteiger partial charge >= 0.3 is 0 Å². The topological polar surface area (TPSA) is 91.8 Å². The van der Waals surface area contributed by atoms with Gasteiger partial charge in [-0.2, -0.15) is 0 Å². The van der Waals surface area contributed by atoms with Crippen molar-refractivity contribution in [3.05, 3.63) is 29.8 Å². The maximum atomic E-state index is 12.2. The molecule has 1 fully saturated rings. The van der Waals surface area contributed by atoms with Crippen molar-refractivity contribution in [1.29, 1.82) is 0 Å². The van der Waals surface area contributed by atoms with E-state index in [2.05, 4.69) is 36.1 Å². The Morgan fingerprint density at radius 2 is 1.83 bits per heavy atom. The second-order valence-electron chi connectivity index (χ2n) is 8.23. The zero-order valence-corrected chi connectivity index (χ0v) is 19.6. The van der Waals surface area contributed by atoms with Crippen molar-refractivity contribution < 1.29 is 13.2 Å². The molecule has 170 valence electrons. The predicted octanol–water partition coefficient (Wildman–Crippen LogP) is 2.88. The molecule has 0 heterocycles. The lowest BCUT2D eigenvalue weighted by molar-refractivity contribution is 0.204. The Balaban J connectivity index is 1.93. The number of benzene rings is 1. The van der Waals surface area contributed by atoms with E-state index in [0.717, 1.165) is 29.9 Å².